The summed E-state index contributed by atoms with van der Waals surface area (Å²) in [6, 6.07) is 13.6. The van der Waals surface area contributed by atoms with Crippen LogP contribution in [0, 0.1) is 5.92 Å². The van der Waals surface area contributed by atoms with Gasteiger partial charge in [-0.2, -0.15) is 0 Å². The number of ether oxygens (including phenoxy) is 1. The summed E-state index contributed by atoms with van der Waals surface area (Å²) in [7, 11) is 0. The van der Waals surface area contributed by atoms with Crippen LogP contribution >= 0.6 is 0 Å². The first-order valence-corrected chi connectivity index (χ1v) is 8.14. The van der Waals surface area contributed by atoms with Crippen LogP contribution in [0.5, 0.6) is 5.75 Å². The highest BCUT2D eigenvalue weighted by atomic mass is 16.5. The van der Waals surface area contributed by atoms with Gasteiger partial charge in [0.15, 0.2) is 0 Å². The zero-order valence-corrected chi connectivity index (χ0v) is 13.1. The van der Waals surface area contributed by atoms with E-state index in [4.69, 9.17) is 4.74 Å². The average molecular weight is 283 g/mol. The van der Waals surface area contributed by atoms with Crippen molar-refractivity contribution in [2.45, 2.75) is 45.7 Å². The van der Waals surface area contributed by atoms with Gasteiger partial charge >= 0.3 is 0 Å². The van der Waals surface area contributed by atoms with Gasteiger partial charge in [-0.3, -0.25) is 0 Å². The SMILES string of the molecule is CCC(C)COc1ccc2ccccc2c1CNC1CC1. The van der Waals surface area contributed by atoms with E-state index in [1.165, 1.54) is 29.2 Å². The maximum atomic E-state index is 6.11. The Morgan fingerprint density at radius 2 is 2.00 bits per heavy atom. The van der Waals surface area contributed by atoms with Gasteiger partial charge in [-0.25, -0.2) is 0 Å². The molecule has 0 aliphatic heterocycles. The van der Waals surface area contributed by atoms with Crippen LogP contribution in [-0.4, -0.2) is 12.6 Å². The summed E-state index contributed by atoms with van der Waals surface area (Å²) in [6.45, 7) is 6.15. The van der Waals surface area contributed by atoms with Crippen molar-refractivity contribution in [3.8, 4) is 5.75 Å². The summed E-state index contributed by atoms with van der Waals surface area (Å²) in [4.78, 5) is 0. The highest BCUT2D eigenvalue weighted by Crippen LogP contribution is 2.30. The molecule has 1 fully saturated rings. The maximum Gasteiger partial charge on any atom is 0.124 e. The summed E-state index contributed by atoms with van der Waals surface area (Å²) < 4.78 is 6.11. The van der Waals surface area contributed by atoms with Gasteiger partial charge in [-0.15, -0.1) is 0 Å². The van der Waals surface area contributed by atoms with Crippen molar-refractivity contribution >= 4 is 10.8 Å². The third kappa shape index (κ3) is 3.56. The van der Waals surface area contributed by atoms with Crippen molar-refractivity contribution in [1.29, 1.82) is 0 Å². The van der Waals surface area contributed by atoms with Crippen LogP contribution in [0.2, 0.25) is 0 Å². The molecule has 0 amide bonds. The molecule has 0 saturated heterocycles. The van der Waals surface area contributed by atoms with Gasteiger partial charge in [0.05, 0.1) is 6.61 Å². The third-order valence-corrected chi connectivity index (χ3v) is 4.36. The third-order valence-electron chi connectivity index (χ3n) is 4.36. The topological polar surface area (TPSA) is 21.3 Å². The number of hydrogen-bond donors (Lipinski definition) is 1. The molecule has 1 unspecified atom stereocenters. The molecule has 3 rings (SSSR count). The van der Waals surface area contributed by atoms with Crippen molar-refractivity contribution in [1.82, 2.24) is 5.32 Å². The van der Waals surface area contributed by atoms with Crippen LogP contribution in [0.1, 0.15) is 38.7 Å². The molecule has 1 aliphatic carbocycles. The minimum atomic E-state index is 0.598. The van der Waals surface area contributed by atoms with Crippen LogP contribution in [0.3, 0.4) is 0 Å². The van der Waals surface area contributed by atoms with Crippen molar-refractivity contribution < 1.29 is 4.74 Å². The largest absolute Gasteiger partial charge is 0.493 e. The fourth-order valence-corrected chi connectivity index (χ4v) is 2.52. The molecule has 0 spiro atoms. The second-order valence-electron chi connectivity index (χ2n) is 6.24. The molecular weight excluding hydrogens is 258 g/mol. The molecule has 2 nitrogen and oxygen atoms in total. The lowest BCUT2D eigenvalue weighted by atomic mass is 10.0. The Hall–Kier alpha value is -1.54. The molecule has 2 aromatic rings. The fourth-order valence-electron chi connectivity index (χ4n) is 2.52. The lowest BCUT2D eigenvalue weighted by Gasteiger charge is -2.17. The predicted molar refractivity (Wildman–Crippen MR) is 88.8 cm³/mol. The molecule has 2 heteroatoms. The summed E-state index contributed by atoms with van der Waals surface area (Å²) >= 11 is 0. The summed E-state index contributed by atoms with van der Waals surface area (Å²) in [5, 5.41) is 6.23. The standard InChI is InChI=1S/C19H25NO/c1-3-14(2)13-21-19-11-8-15-6-4-5-7-17(15)18(19)12-20-16-9-10-16/h4-8,11,14,16,20H,3,9-10,12-13H2,1-2H3. The Balaban J connectivity index is 1.86. The highest BCUT2D eigenvalue weighted by molar-refractivity contribution is 5.87. The van der Waals surface area contributed by atoms with Crippen LogP contribution in [-0.2, 0) is 6.54 Å². The van der Waals surface area contributed by atoms with E-state index in [0.29, 0.717) is 12.0 Å². The quantitative estimate of drug-likeness (QED) is 0.807. The highest BCUT2D eigenvalue weighted by Gasteiger charge is 2.21. The van der Waals surface area contributed by atoms with Gasteiger partial charge in [0, 0.05) is 18.2 Å². The number of benzene rings is 2. The molecule has 0 radical (unpaired) electrons. The zero-order valence-electron chi connectivity index (χ0n) is 13.1. The number of nitrogens with one attached hydrogen (secondary N) is 1. The van der Waals surface area contributed by atoms with Gasteiger partial charge in [-0.05, 0) is 35.6 Å². The Bertz CT molecular complexity index is 604. The van der Waals surface area contributed by atoms with Gasteiger partial charge in [0.2, 0.25) is 0 Å². The van der Waals surface area contributed by atoms with Crippen LogP contribution in [0.15, 0.2) is 36.4 Å². The Kier molecular flexibility index (Phi) is 4.45. The average Bonchev–Trinajstić information content (AvgIpc) is 3.35. The first kappa shape index (κ1) is 14.4. The molecule has 1 N–H and O–H groups in total. The lowest BCUT2D eigenvalue weighted by Crippen LogP contribution is -2.17. The molecule has 0 heterocycles. The van der Waals surface area contributed by atoms with E-state index in [1.807, 2.05) is 0 Å². The van der Waals surface area contributed by atoms with E-state index in [1.54, 1.807) is 0 Å². The maximum absolute atomic E-state index is 6.11. The van der Waals surface area contributed by atoms with E-state index in [0.717, 1.165) is 25.3 Å². The number of hydrogen-bond acceptors (Lipinski definition) is 2. The fraction of sp³-hybridized carbons (Fsp3) is 0.474. The number of rotatable bonds is 7. The first-order valence-electron chi connectivity index (χ1n) is 8.14. The van der Waals surface area contributed by atoms with E-state index in [-0.39, 0.29) is 0 Å². The van der Waals surface area contributed by atoms with E-state index in [9.17, 15) is 0 Å². The van der Waals surface area contributed by atoms with Crippen molar-refractivity contribution in [3.63, 3.8) is 0 Å². The molecule has 1 aliphatic rings. The monoisotopic (exact) mass is 283 g/mol. The molecule has 2 aromatic carbocycles. The minimum Gasteiger partial charge on any atom is -0.493 e. The molecule has 1 atom stereocenters. The number of fused-ring (bicyclic) bond motifs is 1. The smallest absolute Gasteiger partial charge is 0.124 e. The summed E-state index contributed by atoms with van der Waals surface area (Å²) in [5.41, 5.74) is 1.31. The summed E-state index contributed by atoms with van der Waals surface area (Å²) in [5.74, 6) is 1.64. The first-order chi connectivity index (χ1) is 10.3. The molecule has 1 saturated carbocycles. The van der Waals surface area contributed by atoms with E-state index in [2.05, 4.69) is 55.6 Å². The van der Waals surface area contributed by atoms with E-state index >= 15 is 0 Å². The molecule has 0 bridgehead atoms. The summed E-state index contributed by atoms with van der Waals surface area (Å²) in [6.07, 6.45) is 3.78. The predicted octanol–water partition coefficient (Wildman–Crippen LogP) is 4.52. The van der Waals surface area contributed by atoms with Gasteiger partial charge < -0.3 is 10.1 Å². The second kappa shape index (κ2) is 6.48. The lowest BCUT2D eigenvalue weighted by molar-refractivity contribution is 0.254. The Morgan fingerprint density at radius 1 is 1.19 bits per heavy atom. The molecule has 112 valence electrons. The zero-order chi connectivity index (χ0) is 14.7. The Labute approximate surface area is 127 Å². The van der Waals surface area contributed by atoms with Crippen molar-refractivity contribution in [3.05, 3.63) is 42.0 Å². The molecule has 0 aromatic heterocycles. The van der Waals surface area contributed by atoms with Gasteiger partial charge in [0.25, 0.3) is 0 Å². The normalized spacial score (nSPS) is 16.1. The minimum absolute atomic E-state index is 0.598. The van der Waals surface area contributed by atoms with Crippen LogP contribution in [0.4, 0.5) is 0 Å². The van der Waals surface area contributed by atoms with Crippen LogP contribution in [0.25, 0.3) is 10.8 Å². The molecular formula is C19H25NO. The Morgan fingerprint density at radius 3 is 2.76 bits per heavy atom. The van der Waals surface area contributed by atoms with Gasteiger partial charge in [0.1, 0.15) is 5.75 Å². The second-order valence-corrected chi connectivity index (χ2v) is 6.24. The molecule has 21 heavy (non-hydrogen) atoms. The van der Waals surface area contributed by atoms with Gasteiger partial charge in [-0.1, -0.05) is 50.6 Å². The van der Waals surface area contributed by atoms with E-state index < -0.39 is 0 Å². The van der Waals surface area contributed by atoms with Crippen molar-refractivity contribution in [2.75, 3.05) is 6.61 Å². The van der Waals surface area contributed by atoms with Crippen molar-refractivity contribution in [2.24, 2.45) is 5.92 Å². The van der Waals surface area contributed by atoms with Crippen LogP contribution < -0.4 is 10.1 Å².